The van der Waals surface area contributed by atoms with Crippen molar-refractivity contribution in [2.45, 2.75) is 25.8 Å². The summed E-state index contributed by atoms with van der Waals surface area (Å²) in [5.41, 5.74) is 6.99. The van der Waals surface area contributed by atoms with Gasteiger partial charge in [0.25, 0.3) is 0 Å². The van der Waals surface area contributed by atoms with Gasteiger partial charge in [-0.05, 0) is 55.4 Å². The number of benzene rings is 1. The largest absolute Gasteiger partial charge is 0.493 e. The maximum atomic E-state index is 6.17. The predicted molar refractivity (Wildman–Crippen MR) is 132 cm³/mol. The zero-order valence-electron chi connectivity index (χ0n) is 17.3. The molecule has 8 heteroatoms. The van der Waals surface area contributed by atoms with Crippen molar-refractivity contribution < 1.29 is 9.47 Å². The summed E-state index contributed by atoms with van der Waals surface area (Å²) in [6.07, 6.45) is 2.48. The fraction of sp³-hybridized carbons (Fsp3) is 0.476. The van der Waals surface area contributed by atoms with Crippen LogP contribution in [0.15, 0.2) is 40.7 Å². The number of likely N-dealkylation sites (tertiary alicyclic amines) is 1. The summed E-state index contributed by atoms with van der Waals surface area (Å²) in [5, 5.41) is 5.28. The van der Waals surface area contributed by atoms with Gasteiger partial charge in [0.05, 0.1) is 26.8 Å². The standard InChI is InChI=1S/C21H30N4O2S.HI/c1-15-8-10-25(11-9-15)17(20-5-4-12-28-20)14-23-21(22)24-16-6-7-18(26-2)19(13-16)27-3;/h4-7,12-13,15,17H,8-11,14H2,1-3H3,(H3,22,23,24);1H. The average molecular weight is 530 g/mol. The summed E-state index contributed by atoms with van der Waals surface area (Å²) in [5.74, 6) is 2.54. The molecule has 0 aliphatic carbocycles. The SMILES string of the molecule is COc1ccc(NC(N)=NCC(c2cccs2)N2CCC(C)CC2)cc1OC.I. The van der Waals surface area contributed by atoms with Crippen LogP contribution in [0.5, 0.6) is 11.5 Å². The van der Waals surface area contributed by atoms with Crippen LogP contribution in [-0.2, 0) is 0 Å². The highest BCUT2D eigenvalue weighted by molar-refractivity contribution is 14.0. The first-order chi connectivity index (χ1) is 13.6. The van der Waals surface area contributed by atoms with E-state index in [1.165, 1.54) is 17.7 Å². The topological polar surface area (TPSA) is 72.1 Å². The van der Waals surface area contributed by atoms with Crippen LogP contribution >= 0.6 is 35.3 Å². The molecule has 1 aliphatic rings. The zero-order chi connectivity index (χ0) is 19.9. The van der Waals surface area contributed by atoms with Gasteiger partial charge in [0.2, 0.25) is 0 Å². The quantitative estimate of drug-likeness (QED) is 0.312. The van der Waals surface area contributed by atoms with Gasteiger partial charge in [0.15, 0.2) is 17.5 Å². The molecule has 0 amide bonds. The van der Waals surface area contributed by atoms with E-state index >= 15 is 0 Å². The number of rotatable bonds is 7. The van der Waals surface area contributed by atoms with Crippen molar-refractivity contribution in [1.82, 2.24) is 4.90 Å². The molecule has 1 aromatic heterocycles. The van der Waals surface area contributed by atoms with E-state index in [1.807, 2.05) is 18.2 Å². The van der Waals surface area contributed by atoms with Crippen molar-refractivity contribution in [3.05, 3.63) is 40.6 Å². The lowest BCUT2D eigenvalue weighted by Gasteiger charge is -2.35. The monoisotopic (exact) mass is 530 g/mol. The number of anilines is 1. The van der Waals surface area contributed by atoms with Crippen LogP contribution in [0.4, 0.5) is 5.69 Å². The molecule has 3 rings (SSSR count). The molecule has 0 spiro atoms. The molecule has 3 N–H and O–H groups in total. The third kappa shape index (κ3) is 6.48. The number of hydrogen-bond acceptors (Lipinski definition) is 5. The number of hydrogen-bond donors (Lipinski definition) is 2. The molecule has 1 aliphatic heterocycles. The molecule has 2 aromatic rings. The van der Waals surface area contributed by atoms with Crippen LogP contribution < -0.4 is 20.5 Å². The Hall–Kier alpha value is -1.52. The Kier molecular flexibility index (Phi) is 9.51. The van der Waals surface area contributed by atoms with E-state index < -0.39 is 0 Å². The Balaban J connectivity index is 0.00000300. The molecule has 1 fully saturated rings. The van der Waals surface area contributed by atoms with Gasteiger partial charge in [-0.25, -0.2) is 0 Å². The number of halogens is 1. The first kappa shape index (κ1) is 23.8. The number of nitrogens with one attached hydrogen (secondary N) is 1. The van der Waals surface area contributed by atoms with Gasteiger partial charge >= 0.3 is 0 Å². The molecule has 2 heterocycles. The molecule has 1 aromatic carbocycles. The highest BCUT2D eigenvalue weighted by Gasteiger charge is 2.25. The number of nitrogens with two attached hydrogens (primary N) is 1. The van der Waals surface area contributed by atoms with E-state index in [9.17, 15) is 0 Å². The van der Waals surface area contributed by atoms with E-state index in [-0.39, 0.29) is 30.0 Å². The minimum absolute atomic E-state index is 0. The Bertz CT molecular complexity index is 777. The van der Waals surface area contributed by atoms with Crippen molar-refractivity contribution in [3.8, 4) is 11.5 Å². The fourth-order valence-electron chi connectivity index (χ4n) is 3.49. The summed E-state index contributed by atoms with van der Waals surface area (Å²) in [7, 11) is 3.23. The Morgan fingerprint density at radius 1 is 1.24 bits per heavy atom. The molecular weight excluding hydrogens is 499 g/mol. The summed E-state index contributed by atoms with van der Waals surface area (Å²) < 4.78 is 10.6. The van der Waals surface area contributed by atoms with Crippen LogP contribution in [0.3, 0.4) is 0 Å². The molecule has 29 heavy (non-hydrogen) atoms. The molecule has 1 unspecified atom stereocenters. The highest BCUT2D eigenvalue weighted by atomic mass is 127. The zero-order valence-corrected chi connectivity index (χ0v) is 20.4. The first-order valence-electron chi connectivity index (χ1n) is 9.67. The second kappa shape index (κ2) is 11.6. The van der Waals surface area contributed by atoms with E-state index in [2.05, 4.69) is 39.6 Å². The van der Waals surface area contributed by atoms with Crippen LogP contribution in [0.2, 0.25) is 0 Å². The number of ether oxygens (including phenoxy) is 2. The van der Waals surface area contributed by atoms with E-state index in [0.29, 0.717) is 24.0 Å². The highest BCUT2D eigenvalue weighted by Crippen LogP contribution is 2.31. The number of aliphatic imine (C=N–C) groups is 1. The van der Waals surface area contributed by atoms with Gasteiger partial charge in [0.1, 0.15) is 0 Å². The van der Waals surface area contributed by atoms with Gasteiger partial charge in [-0.3, -0.25) is 9.89 Å². The first-order valence-corrected chi connectivity index (χ1v) is 10.5. The molecule has 0 saturated carbocycles. The number of guanidine groups is 1. The Morgan fingerprint density at radius 2 is 1.97 bits per heavy atom. The lowest BCUT2D eigenvalue weighted by molar-refractivity contribution is 0.143. The van der Waals surface area contributed by atoms with Gasteiger partial charge in [-0.1, -0.05) is 13.0 Å². The van der Waals surface area contributed by atoms with Crippen molar-refractivity contribution in [1.29, 1.82) is 0 Å². The third-order valence-electron chi connectivity index (χ3n) is 5.22. The summed E-state index contributed by atoms with van der Waals surface area (Å²) >= 11 is 1.79. The van der Waals surface area contributed by atoms with Crippen LogP contribution in [0, 0.1) is 5.92 Å². The lowest BCUT2D eigenvalue weighted by atomic mass is 9.97. The molecular formula is C21H31IN4O2S. The van der Waals surface area contributed by atoms with E-state index in [4.69, 9.17) is 15.2 Å². The Labute approximate surface area is 194 Å². The van der Waals surface area contributed by atoms with Crippen molar-refractivity contribution in [3.63, 3.8) is 0 Å². The third-order valence-corrected chi connectivity index (χ3v) is 6.19. The summed E-state index contributed by atoms with van der Waals surface area (Å²) in [6, 6.07) is 10.2. The number of piperidine rings is 1. The number of nitrogens with zero attached hydrogens (tertiary/aromatic N) is 2. The van der Waals surface area contributed by atoms with Crippen LogP contribution in [0.25, 0.3) is 0 Å². The predicted octanol–water partition coefficient (Wildman–Crippen LogP) is 4.58. The van der Waals surface area contributed by atoms with Crippen LogP contribution in [-0.4, -0.2) is 44.7 Å². The molecule has 1 saturated heterocycles. The number of methoxy groups -OCH3 is 2. The maximum absolute atomic E-state index is 6.17. The second-order valence-electron chi connectivity index (χ2n) is 7.17. The van der Waals surface area contributed by atoms with Crippen molar-refractivity contribution >= 4 is 47.0 Å². The van der Waals surface area contributed by atoms with Crippen LogP contribution in [0.1, 0.15) is 30.7 Å². The van der Waals surface area contributed by atoms with Gasteiger partial charge < -0.3 is 20.5 Å². The van der Waals surface area contributed by atoms with Gasteiger partial charge in [-0.2, -0.15) is 0 Å². The maximum Gasteiger partial charge on any atom is 0.193 e. The lowest BCUT2D eigenvalue weighted by Crippen LogP contribution is -2.37. The second-order valence-corrected chi connectivity index (χ2v) is 8.15. The van der Waals surface area contributed by atoms with E-state index in [0.717, 1.165) is 24.7 Å². The minimum atomic E-state index is 0. The van der Waals surface area contributed by atoms with Gasteiger partial charge in [0, 0.05) is 16.6 Å². The molecule has 1 atom stereocenters. The molecule has 160 valence electrons. The van der Waals surface area contributed by atoms with Gasteiger partial charge in [-0.15, -0.1) is 35.3 Å². The fourth-order valence-corrected chi connectivity index (χ4v) is 4.34. The summed E-state index contributed by atoms with van der Waals surface area (Å²) in [4.78, 5) is 8.53. The number of thiophene rings is 1. The van der Waals surface area contributed by atoms with E-state index in [1.54, 1.807) is 25.6 Å². The molecule has 0 bridgehead atoms. The summed E-state index contributed by atoms with van der Waals surface area (Å²) in [6.45, 7) is 5.20. The van der Waals surface area contributed by atoms with Crippen molar-refractivity contribution in [2.75, 3.05) is 39.2 Å². The van der Waals surface area contributed by atoms with Crippen molar-refractivity contribution in [2.24, 2.45) is 16.6 Å². The average Bonchev–Trinajstić information content (AvgIpc) is 3.24. The Morgan fingerprint density at radius 3 is 2.59 bits per heavy atom. The molecule has 6 nitrogen and oxygen atoms in total. The normalized spacial score (nSPS) is 16.7. The molecule has 0 radical (unpaired) electrons. The minimum Gasteiger partial charge on any atom is -0.493 e. The smallest absolute Gasteiger partial charge is 0.193 e.